The van der Waals surface area contributed by atoms with Gasteiger partial charge in [0.1, 0.15) is 11.6 Å². The third-order valence-corrected chi connectivity index (χ3v) is 8.59. The highest BCUT2D eigenvalue weighted by Crippen LogP contribution is 2.45. The Hall–Kier alpha value is -3.60. The predicted molar refractivity (Wildman–Crippen MR) is 142 cm³/mol. The van der Waals surface area contributed by atoms with Crippen LogP contribution >= 0.6 is 0 Å². The summed E-state index contributed by atoms with van der Waals surface area (Å²) in [7, 11) is -4.22. The summed E-state index contributed by atoms with van der Waals surface area (Å²) in [6.45, 7) is 9.74. The first-order valence-electron chi connectivity index (χ1n) is 12.7. The standard InChI is InChI=1S/C27H33N5O5S/c1-18-15-26(2,3)31(16-18)24-21(25(34)30-38(35,36)20-7-5-6-19(33)14-20)8-9-22(28-24)32-13-10-23(29-32)37-17-27(4)11-12-27/h5-10,13-14,18,33H,11-12,15-17H2,1-4H3,(H,30,34)/t18-/m0/s1. The zero-order valence-corrected chi connectivity index (χ0v) is 22.8. The number of hydrogen-bond donors (Lipinski definition) is 2. The fourth-order valence-electron chi connectivity index (χ4n) is 4.91. The number of nitrogens with zero attached hydrogens (tertiary/aromatic N) is 4. The van der Waals surface area contributed by atoms with Crippen LogP contribution in [-0.4, -0.2) is 52.9 Å². The third-order valence-electron chi connectivity index (χ3n) is 7.26. The van der Waals surface area contributed by atoms with Gasteiger partial charge in [0.25, 0.3) is 15.9 Å². The van der Waals surface area contributed by atoms with Gasteiger partial charge in [0, 0.05) is 35.8 Å². The quantitative estimate of drug-likeness (QED) is 0.441. The van der Waals surface area contributed by atoms with Crippen LogP contribution in [-0.2, 0) is 10.0 Å². The van der Waals surface area contributed by atoms with Gasteiger partial charge in [-0.15, -0.1) is 5.10 Å². The van der Waals surface area contributed by atoms with E-state index in [0.29, 0.717) is 36.6 Å². The van der Waals surface area contributed by atoms with Gasteiger partial charge in [0.2, 0.25) is 5.88 Å². The summed E-state index contributed by atoms with van der Waals surface area (Å²) >= 11 is 0. The van der Waals surface area contributed by atoms with Gasteiger partial charge in [0.15, 0.2) is 5.82 Å². The van der Waals surface area contributed by atoms with Gasteiger partial charge in [0.05, 0.1) is 17.1 Å². The molecule has 11 heteroatoms. The van der Waals surface area contributed by atoms with Gasteiger partial charge in [-0.05, 0) is 63.3 Å². The Labute approximate surface area is 222 Å². The second kappa shape index (κ2) is 9.30. The van der Waals surface area contributed by atoms with Crippen LogP contribution in [0.15, 0.2) is 53.6 Å². The maximum atomic E-state index is 13.4. The maximum absolute atomic E-state index is 13.4. The van der Waals surface area contributed by atoms with E-state index in [9.17, 15) is 18.3 Å². The Balaban J connectivity index is 1.47. The molecule has 5 rings (SSSR count). The van der Waals surface area contributed by atoms with E-state index < -0.39 is 15.9 Å². The van der Waals surface area contributed by atoms with Crippen LogP contribution in [0.1, 0.15) is 57.3 Å². The molecule has 2 aliphatic rings. The van der Waals surface area contributed by atoms with Gasteiger partial charge >= 0.3 is 0 Å². The second-order valence-corrected chi connectivity index (χ2v) is 13.1. The normalized spacial score (nSPS) is 19.8. The molecular formula is C27H33N5O5S. The zero-order chi connectivity index (χ0) is 27.3. The second-order valence-electron chi connectivity index (χ2n) is 11.4. The van der Waals surface area contributed by atoms with Gasteiger partial charge in [-0.1, -0.05) is 19.9 Å². The number of carbonyl (C=O) groups excluding carboxylic acids is 1. The molecule has 0 radical (unpaired) electrons. The molecule has 0 bridgehead atoms. The summed E-state index contributed by atoms with van der Waals surface area (Å²) in [6, 6.07) is 10.1. The Morgan fingerprint density at radius 2 is 1.95 bits per heavy atom. The predicted octanol–water partition coefficient (Wildman–Crippen LogP) is 3.90. The minimum Gasteiger partial charge on any atom is -0.508 e. The number of sulfonamides is 1. The summed E-state index contributed by atoms with van der Waals surface area (Å²) in [5, 5.41) is 14.2. The number of nitrogens with one attached hydrogen (secondary N) is 1. The molecule has 10 nitrogen and oxygen atoms in total. The van der Waals surface area contributed by atoms with Crippen LogP contribution in [0, 0.1) is 11.3 Å². The molecule has 1 saturated heterocycles. The molecule has 1 saturated carbocycles. The number of benzene rings is 1. The third kappa shape index (κ3) is 5.33. The Bertz CT molecular complexity index is 1480. The van der Waals surface area contributed by atoms with Gasteiger partial charge in [-0.3, -0.25) is 4.79 Å². The number of carbonyl (C=O) groups is 1. The average Bonchev–Trinajstić information content (AvgIpc) is 3.27. The van der Waals surface area contributed by atoms with E-state index in [1.807, 2.05) is 4.90 Å². The molecule has 202 valence electrons. The van der Waals surface area contributed by atoms with Crippen molar-refractivity contribution in [3.8, 4) is 17.4 Å². The lowest BCUT2D eigenvalue weighted by Crippen LogP contribution is -2.41. The lowest BCUT2D eigenvalue weighted by Gasteiger charge is -2.34. The SMILES string of the molecule is C[C@@H]1CN(c2nc(-n3ccc(OCC4(C)CC4)n3)ccc2C(=O)NS(=O)(=O)c2cccc(O)c2)C(C)(C)C1. The first-order chi connectivity index (χ1) is 17.9. The van der Waals surface area contributed by atoms with Crippen LogP contribution in [0.25, 0.3) is 5.82 Å². The lowest BCUT2D eigenvalue weighted by atomic mass is 9.97. The monoisotopic (exact) mass is 539 g/mol. The summed E-state index contributed by atoms with van der Waals surface area (Å²) < 4.78 is 35.4. The van der Waals surface area contributed by atoms with Crippen molar-refractivity contribution in [3.05, 3.63) is 54.2 Å². The molecule has 3 aromatic rings. The van der Waals surface area contributed by atoms with Crippen LogP contribution in [0.5, 0.6) is 11.6 Å². The number of hydrogen-bond acceptors (Lipinski definition) is 8. The number of anilines is 1. The minimum atomic E-state index is -4.22. The molecule has 1 aliphatic carbocycles. The van der Waals surface area contributed by atoms with Crippen LogP contribution in [0.3, 0.4) is 0 Å². The number of phenolic OH excluding ortho intramolecular Hbond substituents is 1. The van der Waals surface area contributed by atoms with Crippen molar-refractivity contribution in [1.29, 1.82) is 0 Å². The summed E-state index contributed by atoms with van der Waals surface area (Å²) in [5.74, 6) is 0.694. The van der Waals surface area contributed by atoms with Crippen LogP contribution in [0.4, 0.5) is 5.82 Å². The summed E-state index contributed by atoms with van der Waals surface area (Å²) in [4.78, 5) is 20.0. The molecule has 1 aromatic carbocycles. The van der Waals surface area contributed by atoms with Gasteiger partial charge in [-0.25, -0.2) is 22.8 Å². The first kappa shape index (κ1) is 26.0. The highest BCUT2D eigenvalue weighted by atomic mass is 32.2. The molecule has 38 heavy (non-hydrogen) atoms. The molecule has 2 fully saturated rings. The van der Waals surface area contributed by atoms with Crippen molar-refractivity contribution >= 4 is 21.7 Å². The van der Waals surface area contributed by atoms with Gasteiger partial charge in [-0.2, -0.15) is 0 Å². The van der Waals surface area contributed by atoms with E-state index >= 15 is 0 Å². The van der Waals surface area contributed by atoms with E-state index in [-0.39, 0.29) is 27.2 Å². The fourth-order valence-corrected chi connectivity index (χ4v) is 5.92. The topological polar surface area (TPSA) is 127 Å². The van der Waals surface area contributed by atoms with Gasteiger partial charge < -0.3 is 14.7 Å². The molecule has 3 heterocycles. The number of ether oxygens (including phenoxy) is 1. The van der Waals surface area contributed by atoms with E-state index in [4.69, 9.17) is 9.72 Å². The van der Waals surface area contributed by atoms with Crippen molar-refractivity contribution in [2.45, 2.75) is 57.4 Å². The molecule has 0 unspecified atom stereocenters. The number of phenols is 1. The molecular weight excluding hydrogens is 506 g/mol. The highest BCUT2D eigenvalue weighted by molar-refractivity contribution is 7.90. The molecule has 2 N–H and O–H groups in total. The van der Waals surface area contributed by atoms with Crippen molar-refractivity contribution in [3.63, 3.8) is 0 Å². The minimum absolute atomic E-state index is 0.130. The van der Waals surface area contributed by atoms with Crippen molar-refractivity contribution in [1.82, 2.24) is 19.5 Å². The Morgan fingerprint density at radius 1 is 1.18 bits per heavy atom. The number of rotatable bonds is 8. The smallest absolute Gasteiger partial charge is 0.268 e. The number of pyridine rings is 1. The van der Waals surface area contributed by atoms with E-state index in [2.05, 4.69) is 37.5 Å². The van der Waals surface area contributed by atoms with E-state index in [0.717, 1.165) is 25.3 Å². The van der Waals surface area contributed by atoms with Crippen molar-refractivity contribution in [2.75, 3.05) is 18.1 Å². The molecule has 1 aliphatic heterocycles. The molecule has 1 amide bonds. The summed E-state index contributed by atoms with van der Waals surface area (Å²) in [6.07, 6.45) is 4.93. The summed E-state index contributed by atoms with van der Waals surface area (Å²) in [5.41, 5.74) is 0.0495. The first-order valence-corrected chi connectivity index (χ1v) is 14.2. The van der Waals surface area contributed by atoms with Crippen molar-refractivity contribution in [2.24, 2.45) is 11.3 Å². The van der Waals surface area contributed by atoms with Crippen molar-refractivity contribution < 1.29 is 23.1 Å². The number of amides is 1. The lowest BCUT2D eigenvalue weighted by molar-refractivity contribution is 0.0981. The molecule has 2 aromatic heterocycles. The largest absolute Gasteiger partial charge is 0.508 e. The fraction of sp³-hybridized carbons (Fsp3) is 0.444. The number of aromatic nitrogens is 3. The number of aromatic hydroxyl groups is 1. The van der Waals surface area contributed by atoms with Crippen LogP contribution < -0.4 is 14.4 Å². The molecule has 1 atom stereocenters. The molecule has 0 spiro atoms. The van der Waals surface area contributed by atoms with E-state index in [1.165, 1.54) is 18.2 Å². The Kier molecular flexibility index (Phi) is 6.37. The van der Waals surface area contributed by atoms with Crippen LogP contribution in [0.2, 0.25) is 0 Å². The Morgan fingerprint density at radius 3 is 2.61 bits per heavy atom. The van der Waals surface area contributed by atoms with E-state index in [1.54, 1.807) is 29.1 Å². The average molecular weight is 540 g/mol. The zero-order valence-electron chi connectivity index (χ0n) is 22.0. The maximum Gasteiger partial charge on any atom is 0.268 e. The highest BCUT2D eigenvalue weighted by Gasteiger charge is 2.40.